The van der Waals surface area contributed by atoms with E-state index in [1.807, 2.05) is 24.3 Å². The van der Waals surface area contributed by atoms with Crippen LogP contribution >= 0.6 is 15.9 Å². The highest BCUT2D eigenvalue weighted by Crippen LogP contribution is 2.43. The van der Waals surface area contributed by atoms with E-state index in [0.29, 0.717) is 17.1 Å². The van der Waals surface area contributed by atoms with Crippen molar-refractivity contribution < 1.29 is 20.1 Å². The zero-order chi connectivity index (χ0) is 20.6. The first-order valence-corrected chi connectivity index (χ1v) is 9.42. The maximum Gasteiger partial charge on any atom is 0.215 e. The number of phenols is 3. The summed E-state index contributed by atoms with van der Waals surface area (Å²) in [6.07, 6.45) is 0. The van der Waals surface area contributed by atoms with Crippen molar-refractivity contribution in [2.45, 2.75) is 26.7 Å². The molecule has 0 saturated heterocycles. The Morgan fingerprint density at radius 1 is 0.964 bits per heavy atom. The minimum Gasteiger partial charge on any atom is -0.504 e. The van der Waals surface area contributed by atoms with Crippen LogP contribution in [0.3, 0.4) is 0 Å². The van der Waals surface area contributed by atoms with E-state index in [2.05, 4.69) is 25.9 Å². The summed E-state index contributed by atoms with van der Waals surface area (Å²) in [6, 6.07) is 10.4. The number of carbonyl (C=O) groups excluding carboxylic acids is 1. The first-order chi connectivity index (χ1) is 13.2. The minimum absolute atomic E-state index is 0.0838. The van der Waals surface area contributed by atoms with Crippen LogP contribution in [0.25, 0.3) is 11.3 Å². The zero-order valence-corrected chi connectivity index (χ0v) is 17.1. The number of aryl methyl sites for hydroxylation is 1. The van der Waals surface area contributed by atoms with Gasteiger partial charge in [-0.25, -0.2) is 9.97 Å². The number of hydrogen-bond acceptors (Lipinski definition) is 6. The molecule has 0 aliphatic carbocycles. The molecule has 1 aromatic heterocycles. The van der Waals surface area contributed by atoms with Gasteiger partial charge in [0.05, 0.1) is 11.3 Å². The molecule has 0 saturated carbocycles. The fourth-order valence-corrected chi connectivity index (χ4v) is 3.14. The second-order valence-electron chi connectivity index (χ2n) is 6.74. The van der Waals surface area contributed by atoms with E-state index in [9.17, 15) is 20.1 Å². The predicted molar refractivity (Wildman–Crippen MR) is 109 cm³/mol. The summed E-state index contributed by atoms with van der Waals surface area (Å²) in [6.45, 7) is 5.29. The van der Waals surface area contributed by atoms with Gasteiger partial charge in [-0.3, -0.25) is 4.79 Å². The Morgan fingerprint density at radius 3 is 2.21 bits per heavy atom. The minimum atomic E-state index is -0.714. The first kappa shape index (κ1) is 19.8. The summed E-state index contributed by atoms with van der Waals surface area (Å²) in [7, 11) is 0. The Balaban J connectivity index is 2.12. The lowest BCUT2D eigenvalue weighted by molar-refractivity contribution is 0.103. The molecule has 0 radical (unpaired) electrons. The quantitative estimate of drug-likeness (QED) is 0.400. The lowest BCUT2D eigenvalue weighted by Crippen LogP contribution is -2.08. The number of phenolic OH excluding ortho intramolecular Hbond substituents is 3. The lowest BCUT2D eigenvalue weighted by Gasteiger charge is -2.14. The molecule has 0 bridgehead atoms. The van der Waals surface area contributed by atoms with Crippen molar-refractivity contribution in [2.24, 2.45) is 0 Å². The molecule has 3 aromatic rings. The van der Waals surface area contributed by atoms with Gasteiger partial charge in [0.2, 0.25) is 11.5 Å². The molecule has 6 nitrogen and oxygen atoms in total. The largest absolute Gasteiger partial charge is 0.504 e. The van der Waals surface area contributed by atoms with Crippen LogP contribution in [0.5, 0.6) is 17.2 Å². The number of carbonyl (C=O) groups is 1. The monoisotopic (exact) mass is 442 g/mol. The van der Waals surface area contributed by atoms with E-state index in [0.717, 1.165) is 10.0 Å². The average Bonchev–Trinajstić information content (AvgIpc) is 2.65. The van der Waals surface area contributed by atoms with E-state index in [4.69, 9.17) is 0 Å². The molecular weight excluding hydrogens is 424 g/mol. The van der Waals surface area contributed by atoms with Crippen LogP contribution in [0, 0.1) is 6.92 Å². The number of ketones is 1. The maximum atomic E-state index is 13.0. The summed E-state index contributed by atoms with van der Waals surface area (Å²) >= 11 is 3.38. The van der Waals surface area contributed by atoms with Gasteiger partial charge in [-0.2, -0.15) is 0 Å². The number of aromatic nitrogens is 2. The van der Waals surface area contributed by atoms with Gasteiger partial charge in [-0.15, -0.1) is 0 Å². The van der Waals surface area contributed by atoms with Gasteiger partial charge in [0, 0.05) is 15.6 Å². The molecule has 0 aliphatic rings. The highest BCUT2D eigenvalue weighted by atomic mass is 79.9. The van der Waals surface area contributed by atoms with Crippen molar-refractivity contribution in [1.29, 1.82) is 0 Å². The van der Waals surface area contributed by atoms with Gasteiger partial charge in [-0.05, 0) is 37.1 Å². The van der Waals surface area contributed by atoms with E-state index >= 15 is 0 Å². The topological polar surface area (TPSA) is 104 Å². The van der Waals surface area contributed by atoms with Crippen LogP contribution in [0.2, 0.25) is 0 Å². The van der Waals surface area contributed by atoms with Crippen molar-refractivity contribution >= 4 is 21.7 Å². The molecule has 0 aliphatic heterocycles. The predicted octanol–water partition coefficient (Wildman–Crippen LogP) is 4.69. The van der Waals surface area contributed by atoms with Crippen LogP contribution in [-0.4, -0.2) is 31.1 Å². The second kappa shape index (κ2) is 7.59. The van der Waals surface area contributed by atoms with E-state index in [-0.39, 0.29) is 17.2 Å². The number of rotatable bonds is 4. The third-order valence-corrected chi connectivity index (χ3v) is 4.88. The number of hydrogen-bond donors (Lipinski definition) is 3. The molecule has 0 atom stereocenters. The van der Waals surface area contributed by atoms with Crippen LogP contribution in [-0.2, 0) is 0 Å². The molecule has 0 spiro atoms. The van der Waals surface area contributed by atoms with Gasteiger partial charge in [-0.1, -0.05) is 41.9 Å². The number of aromatic hydroxyl groups is 3. The molecule has 3 rings (SSSR count). The van der Waals surface area contributed by atoms with Crippen molar-refractivity contribution in [1.82, 2.24) is 9.97 Å². The number of nitrogens with zero attached hydrogens (tertiary/aromatic N) is 2. The van der Waals surface area contributed by atoms with Crippen LogP contribution in [0.4, 0.5) is 0 Å². The van der Waals surface area contributed by atoms with Crippen molar-refractivity contribution in [3.8, 4) is 28.5 Å². The maximum absolute atomic E-state index is 13.0. The van der Waals surface area contributed by atoms with E-state index in [1.54, 1.807) is 20.8 Å². The summed E-state index contributed by atoms with van der Waals surface area (Å²) in [4.78, 5) is 21.6. The molecular formula is C21H19BrN2O4. The fraction of sp³-hybridized carbons (Fsp3) is 0.190. The molecule has 144 valence electrons. The summed E-state index contributed by atoms with van der Waals surface area (Å²) in [5.74, 6) is -2.15. The van der Waals surface area contributed by atoms with Gasteiger partial charge >= 0.3 is 0 Å². The molecule has 7 heteroatoms. The fourth-order valence-electron chi connectivity index (χ4n) is 2.87. The molecule has 3 N–H and O–H groups in total. The number of halogens is 1. The molecule has 0 fully saturated rings. The Bertz CT molecular complexity index is 1060. The zero-order valence-electron chi connectivity index (χ0n) is 15.6. The Labute approximate surface area is 170 Å². The Kier molecular flexibility index (Phi) is 5.38. The Hall–Kier alpha value is -2.93. The smallest absolute Gasteiger partial charge is 0.215 e. The van der Waals surface area contributed by atoms with Crippen LogP contribution < -0.4 is 0 Å². The third kappa shape index (κ3) is 3.71. The molecule has 2 aromatic carbocycles. The van der Waals surface area contributed by atoms with Crippen molar-refractivity contribution in [3.05, 3.63) is 63.5 Å². The summed E-state index contributed by atoms with van der Waals surface area (Å²) < 4.78 is 0.920. The highest BCUT2D eigenvalue weighted by Gasteiger charge is 2.24. The van der Waals surface area contributed by atoms with Crippen LogP contribution in [0.15, 0.2) is 40.9 Å². The average molecular weight is 443 g/mol. The van der Waals surface area contributed by atoms with Gasteiger partial charge in [0.25, 0.3) is 0 Å². The van der Waals surface area contributed by atoms with Crippen LogP contribution in [0.1, 0.15) is 47.2 Å². The summed E-state index contributed by atoms with van der Waals surface area (Å²) in [5, 5.41) is 30.3. The second-order valence-corrected chi connectivity index (χ2v) is 7.65. The Morgan fingerprint density at radius 2 is 1.61 bits per heavy atom. The lowest BCUT2D eigenvalue weighted by atomic mass is 9.95. The van der Waals surface area contributed by atoms with Crippen molar-refractivity contribution in [3.63, 3.8) is 0 Å². The highest BCUT2D eigenvalue weighted by molar-refractivity contribution is 9.10. The summed E-state index contributed by atoms with van der Waals surface area (Å²) in [5.41, 5.74) is 1.69. The SMILES string of the molecule is Cc1nc(C(=O)c2cc(C(C)C)c(O)c(O)c2O)cc(-c2ccc(Br)cc2)n1. The normalized spacial score (nSPS) is 11.0. The van der Waals surface area contributed by atoms with Gasteiger partial charge < -0.3 is 15.3 Å². The first-order valence-electron chi connectivity index (χ1n) is 8.63. The number of benzene rings is 2. The van der Waals surface area contributed by atoms with Gasteiger partial charge in [0.15, 0.2) is 11.5 Å². The van der Waals surface area contributed by atoms with E-state index < -0.39 is 23.0 Å². The van der Waals surface area contributed by atoms with Gasteiger partial charge in [0.1, 0.15) is 11.5 Å². The molecule has 28 heavy (non-hydrogen) atoms. The third-order valence-electron chi connectivity index (χ3n) is 4.35. The van der Waals surface area contributed by atoms with Crippen molar-refractivity contribution in [2.75, 3.05) is 0 Å². The molecule has 0 unspecified atom stereocenters. The molecule has 0 amide bonds. The standard InChI is InChI=1S/C21H19BrN2O4/c1-10(2)14-8-15(20(27)21(28)19(14)26)18(25)17-9-16(23-11(3)24-17)12-4-6-13(22)7-5-12/h4-10,26-28H,1-3H3. The molecule has 1 heterocycles. The van der Waals surface area contributed by atoms with E-state index in [1.165, 1.54) is 12.1 Å².